The van der Waals surface area contributed by atoms with Crippen LogP contribution in [0.15, 0.2) is 65.3 Å². The Balaban J connectivity index is 1.46. The third-order valence-electron chi connectivity index (χ3n) is 5.32. The molecule has 1 amide bonds. The fourth-order valence-electron chi connectivity index (χ4n) is 3.86. The Labute approximate surface area is 171 Å². The number of hydrogen-bond acceptors (Lipinski definition) is 5. The van der Waals surface area contributed by atoms with Crippen LogP contribution in [-0.4, -0.2) is 37.3 Å². The summed E-state index contributed by atoms with van der Waals surface area (Å²) in [6, 6.07) is 14.1. The first kappa shape index (κ1) is 18.2. The van der Waals surface area contributed by atoms with Crippen molar-refractivity contribution in [1.29, 1.82) is 0 Å². The maximum absolute atomic E-state index is 14.0. The number of amides is 1. The molecule has 5 rings (SSSR count). The van der Waals surface area contributed by atoms with Gasteiger partial charge in [-0.15, -0.1) is 10.2 Å². The number of halogens is 1. The molecule has 0 saturated carbocycles. The molecule has 1 unspecified atom stereocenters. The van der Waals surface area contributed by atoms with Crippen molar-refractivity contribution in [3.05, 3.63) is 89.3 Å². The molecular weight excluding hydrogens is 385 g/mol. The molecule has 0 saturated heterocycles. The van der Waals surface area contributed by atoms with E-state index in [1.54, 1.807) is 21.7 Å². The maximum atomic E-state index is 14.0. The van der Waals surface area contributed by atoms with Gasteiger partial charge in [0.25, 0.3) is 5.89 Å². The summed E-state index contributed by atoms with van der Waals surface area (Å²) in [5.41, 5.74) is 3.42. The minimum Gasteiger partial charge on any atom is -0.412 e. The Morgan fingerprint density at radius 1 is 1.13 bits per heavy atom. The highest BCUT2D eigenvalue weighted by atomic mass is 19.1. The van der Waals surface area contributed by atoms with Crippen molar-refractivity contribution in [2.24, 2.45) is 7.05 Å². The first-order chi connectivity index (χ1) is 14.6. The molecule has 2 aromatic heterocycles. The van der Waals surface area contributed by atoms with Gasteiger partial charge >= 0.3 is 11.8 Å². The minimum absolute atomic E-state index is 0.0124. The van der Waals surface area contributed by atoms with Gasteiger partial charge in [-0.05, 0) is 28.8 Å². The second-order valence-electron chi connectivity index (χ2n) is 7.28. The summed E-state index contributed by atoms with van der Waals surface area (Å²) in [7, 11) is 1.86. The Kier molecular flexibility index (Phi) is 4.39. The van der Waals surface area contributed by atoms with Crippen LogP contribution in [-0.2, 0) is 13.6 Å². The predicted molar refractivity (Wildman–Crippen MR) is 106 cm³/mol. The summed E-state index contributed by atoms with van der Waals surface area (Å²) in [5.74, 6) is -1.05. The minimum atomic E-state index is -0.483. The number of rotatable bonds is 3. The average molecular weight is 403 g/mol. The van der Waals surface area contributed by atoms with E-state index in [2.05, 4.69) is 21.4 Å². The number of nitrogens with zero attached hydrogens (tertiary/aromatic N) is 5. The normalized spacial score (nSPS) is 15.8. The fourth-order valence-corrected chi connectivity index (χ4v) is 3.86. The summed E-state index contributed by atoms with van der Waals surface area (Å²) >= 11 is 0. The third kappa shape index (κ3) is 3.16. The van der Waals surface area contributed by atoms with Gasteiger partial charge in [-0.1, -0.05) is 36.4 Å². The molecule has 3 heterocycles. The molecule has 0 N–H and O–H groups in total. The van der Waals surface area contributed by atoms with Gasteiger partial charge in [0, 0.05) is 32.3 Å². The Bertz CT molecular complexity index is 1230. The summed E-state index contributed by atoms with van der Waals surface area (Å²) in [4.78, 5) is 14.8. The lowest BCUT2D eigenvalue weighted by molar-refractivity contribution is 0.0685. The van der Waals surface area contributed by atoms with E-state index in [0.29, 0.717) is 13.1 Å². The van der Waals surface area contributed by atoms with Crippen molar-refractivity contribution in [2.45, 2.75) is 12.5 Å². The van der Waals surface area contributed by atoms with Crippen molar-refractivity contribution in [2.75, 3.05) is 6.54 Å². The maximum Gasteiger partial charge on any atom is 0.311 e. The van der Waals surface area contributed by atoms with Crippen LogP contribution in [0.1, 0.15) is 33.3 Å². The van der Waals surface area contributed by atoms with E-state index in [4.69, 9.17) is 4.42 Å². The molecule has 0 aliphatic carbocycles. The van der Waals surface area contributed by atoms with Crippen molar-refractivity contribution in [3.63, 3.8) is 0 Å². The molecule has 0 radical (unpaired) electrons. The highest BCUT2D eigenvalue weighted by molar-refractivity contribution is 5.90. The van der Waals surface area contributed by atoms with Gasteiger partial charge in [0.2, 0.25) is 0 Å². The third-order valence-corrected chi connectivity index (χ3v) is 5.32. The van der Waals surface area contributed by atoms with Crippen molar-refractivity contribution in [1.82, 2.24) is 24.9 Å². The lowest BCUT2D eigenvalue weighted by Gasteiger charge is -2.33. The van der Waals surface area contributed by atoms with E-state index in [-0.39, 0.29) is 29.2 Å². The summed E-state index contributed by atoms with van der Waals surface area (Å²) < 4.78 is 21.3. The molecule has 1 aliphatic heterocycles. The second-order valence-corrected chi connectivity index (χ2v) is 7.28. The van der Waals surface area contributed by atoms with Crippen LogP contribution in [0, 0.1) is 5.82 Å². The van der Waals surface area contributed by atoms with Gasteiger partial charge in [0.05, 0.1) is 11.8 Å². The quantitative estimate of drug-likeness (QED) is 0.524. The van der Waals surface area contributed by atoms with Crippen LogP contribution in [0.25, 0.3) is 11.5 Å². The summed E-state index contributed by atoms with van der Waals surface area (Å²) in [6.45, 7) is 0.891. The highest BCUT2D eigenvalue weighted by Crippen LogP contribution is 2.34. The Hall–Kier alpha value is -3.81. The van der Waals surface area contributed by atoms with E-state index in [0.717, 1.165) is 11.1 Å². The van der Waals surface area contributed by atoms with Crippen LogP contribution < -0.4 is 0 Å². The molecule has 0 spiro atoms. The predicted octanol–water partition coefficient (Wildman–Crippen LogP) is 3.40. The summed E-state index contributed by atoms with van der Waals surface area (Å²) in [6.07, 6.45) is 3.77. The monoisotopic (exact) mass is 403 g/mol. The summed E-state index contributed by atoms with van der Waals surface area (Å²) in [5, 5.41) is 12.0. The van der Waals surface area contributed by atoms with Crippen LogP contribution in [0.4, 0.5) is 4.39 Å². The van der Waals surface area contributed by atoms with Gasteiger partial charge in [0.1, 0.15) is 5.82 Å². The molecule has 4 aromatic rings. The van der Waals surface area contributed by atoms with Crippen LogP contribution in [0.2, 0.25) is 0 Å². The number of benzene rings is 2. The van der Waals surface area contributed by atoms with E-state index >= 15 is 0 Å². The van der Waals surface area contributed by atoms with Gasteiger partial charge in [-0.25, -0.2) is 4.39 Å². The molecule has 1 atom stereocenters. The number of hydrogen-bond donors (Lipinski definition) is 0. The van der Waals surface area contributed by atoms with E-state index in [1.165, 1.54) is 17.7 Å². The molecular formula is C22H18FN5O2. The first-order valence-corrected chi connectivity index (χ1v) is 9.54. The number of aromatic nitrogens is 4. The molecule has 7 nitrogen and oxygen atoms in total. The number of aryl methyl sites for hydroxylation is 1. The molecule has 150 valence electrons. The fraction of sp³-hybridized carbons (Fsp3) is 0.182. The second kappa shape index (κ2) is 7.22. The van der Waals surface area contributed by atoms with Gasteiger partial charge < -0.3 is 9.32 Å². The lowest BCUT2D eigenvalue weighted by atomic mass is 9.86. The van der Waals surface area contributed by atoms with Crippen molar-refractivity contribution in [3.8, 4) is 11.5 Å². The Morgan fingerprint density at radius 2 is 1.93 bits per heavy atom. The number of carbonyl (C=O) groups excluding carboxylic acids is 1. The topological polar surface area (TPSA) is 77.0 Å². The van der Waals surface area contributed by atoms with Crippen LogP contribution >= 0.6 is 0 Å². The molecule has 0 bridgehead atoms. The Morgan fingerprint density at radius 3 is 2.73 bits per heavy atom. The zero-order chi connectivity index (χ0) is 20.7. The number of fused-ring (bicyclic) bond motifs is 1. The van der Waals surface area contributed by atoms with E-state index < -0.39 is 5.82 Å². The highest BCUT2D eigenvalue weighted by Gasteiger charge is 2.32. The molecule has 8 heteroatoms. The van der Waals surface area contributed by atoms with Crippen LogP contribution in [0.5, 0.6) is 0 Å². The standard InChI is InChI=1S/C22H18FN5O2/c1-27-11-15(10-24-27)18-13-28(12-14-6-2-3-7-16(14)18)22(29)21-26-25-20(30-21)17-8-4-5-9-19(17)23/h2-11,18H,12-13H2,1H3. The zero-order valence-electron chi connectivity index (χ0n) is 16.2. The van der Waals surface area contributed by atoms with Gasteiger partial charge in [-0.2, -0.15) is 5.10 Å². The van der Waals surface area contributed by atoms with Crippen molar-refractivity contribution < 1.29 is 13.6 Å². The first-order valence-electron chi connectivity index (χ1n) is 9.54. The van der Waals surface area contributed by atoms with Gasteiger partial charge in [0.15, 0.2) is 0 Å². The average Bonchev–Trinajstić information content (AvgIpc) is 3.42. The molecule has 2 aromatic carbocycles. The lowest BCUT2D eigenvalue weighted by Crippen LogP contribution is -2.38. The zero-order valence-corrected chi connectivity index (χ0v) is 16.2. The molecule has 0 fully saturated rings. The van der Waals surface area contributed by atoms with Gasteiger partial charge in [-0.3, -0.25) is 9.48 Å². The smallest absolute Gasteiger partial charge is 0.311 e. The van der Waals surface area contributed by atoms with E-state index in [1.807, 2.05) is 37.6 Å². The SMILES string of the molecule is Cn1cc(C2CN(C(=O)c3nnc(-c4ccccc4F)o3)Cc3ccccc32)cn1. The van der Waals surface area contributed by atoms with Crippen LogP contribution in [0.3, 0.4) is 0 Å². The largest absolute Gasteiger partial charge is 0.412 e. The van der Waals surface area contributed by atoms with E-state index in [9.17, 15) is 9.18 Å². The molecule has 30 heavy (non-hydrogen) atoms. The molecule has 1 aliphatic rings. The van der Waals surface area contributed by atoms with Crippen molar-refractivity contribution >= 4 is 5.91 Å². The number of carbonyl (C=O) groups is 1.